The lowest BCUT2D eigenvalue weighted by Crippen LogP contribution is -2.20. The van der Waals surface area contributed by atoms with Gasteiger partial charge in [-0.1, -0.05) is 54.6 Å². The van der Waals surface area contributed by atoms with Gasteiger partial charge in [-0.2, -0.15) is 5.26 Å². The number of nitriles is 1. The molecule has 23 heavy (non-hydrogen) atoms. The van der Waals surface area contributed by atoms with Crippen molar-refractivity contribution in [2.45, 2.75) is 6.54 Å². The van der Waals surface area contributed by atoms with Gasteiger partial charge >= 0.3 is 0 Å². The average Bonchev–Trinajstić information content (AvgIpc) is 2.63. The topological polar surface area (TPSA) is 47.9 Å². The minimum atomic E-state index is 0.692. The molecule has 3 nitrogen and oxygen atoms in total. The van der Waals surface area contributed by atoms with E-state index < -0.39 is 0 Å². The van der Waals surface area contributed by atoms with Gasteiger partial charge in [0.15, 0.2) is 0 Å². The Hall–Kier alpha value is -3.09. The van der Waals surface area contributed by atoms with Crippen LogP contribution in [0.5, 0.6) is 0 Å². The largest absolute Gasteiger partial charge is 0.321 e. The molecule has 0 radical (unpaired) electrons. The van der Waals surface area contributed by atoms with Crippen LogP contribution in [0.25, 0.3) is 11.1 Å². The van der Waals surface area contributed by atoms with Gasteiger partial charge < -0.3 is 5.43 Å². The third-order valence-corrected chi connectivity index (χ3v) is 3.58. The molecule has 3 rings (SSSR count). The van der Waals surface area contributed by atoms with E-state index in [0.717, 1.165) is 22.4 Å². The van der Waals surface area contributed by atoms with E-state index in [-0.39, 0.29) is 0 Å². The van der Waals surface area contributed by atoms with Crippen molar-refractivity contribution in [3.63, 3.8) is 0 Å². The monoisotopic (exact) mass is 299 g/mol. The SMILES string of the molecule is N#Cc1ccccc1-c1cccc(CNNc2ccccc2)c1. The van der Waals surface area contributed by atoms with Gasteiger partial charge in [-0.3, -0.25) is 0 Å². The summed E-state index contributed by atoms with van der Waals surface area (Å²) < 4.78 is 0. The summed E-state index contributed by atoms with van der Waals surface area (Å²) in [6.45, 7) is 0.692. The second-order valence-corrected chi connectivity index (χ2v) is 5.20. The highest BCUT2D eigenvalue weighted by molar-refractivity contribution is 5.70. The Labute approximate surface area is 136 Å². The summed E-state index contributed by atoms with van der Waals surface area (Å²) >= 11 is 0. The molecule has 112 valence electrons. The van der Waals surface area contributed by atoms with E-state index in [2.05, 4.69) is 29.1 Å². The number of nitrogens with one attached hydrogen (secondary N) is 2. The number of hydrogen-bond donors (Lipinski definition) is 2. The third-order valence-electron chi connectivity index (χ3n) is 3.58. The summed E-state index contributed by atoms with van der Waals surface area (Å²) in [7, 11) is 0. The van der Waals surface area contributed by atoms with E-state index in [9.17, 15) is 5.26 Å². The molecule has 3 heteroatoms. The molecular formula is C20H17N3. The molecule has 0 aliphatic carbocycles. The van der Waals surface area contributed by atoms with Crippen LogP contribution >= 0.6 is 0 Å². The Morgan fingerprint density at radius 3 is 2.43 bits per heavy atom. The maximum atomic E-state index is 9.24. The first-order valence-corrected chi connectivity index (χ1v) is 7.49. The highest BCUT2D eigenvalue weighted by atomic mass is 15.3. The van der Waals surface area contributed by atoms with Crippen LogP contribution in [0.3, 0.4) is 0 Å². The summed E-state index contributed by atoms with van der Waals surface area (Å²) in [5, 5.41) is 9.24. The molecule has 3 aromatic carbocycles. The van der Waals surface area contributed by atoms with Crippen LogP contribution in [0.4, 0.5) is 5.69 Å². The van der Waals surface area contributed by atoms with Crippen LogP contribution in [0.2, 0.25) is 0 Å². The van der Waals surface area contributed by atoms with E-state index in [1.54, 1.807) is 0 Å². The van der Waals surface area contributed by atoms with E-state index in [1.807, 2.05) is 66.7 Å². The minimum Gasteiger partial charge on any atom is -0.321 e. The van der Waals surface area contributed by atoms with Gasteiger partial charge in [0.25, 0.3) is 0 Å². The standard InChI is InChI=1S/C20H17N3/c21-14-18-8-4-5-12-20(18)17-9-6-7-16(13-17)15-22-23-19-10-2-1-3-11-19/h1-13,22-23H,15H2. The second kappa shape index (κ2) is 7.26. The van der Waals surface area contributed by atoms with Crippen molar-refractivity contribution in [3.8, 4) is 17.2 Å². The molecule has 0 aliphatic heterocycles. The molecule has 0 aromatic heterocycles. The van der Waals surface area contributed by atoms with Crippen molar-refractivity contribution in [2.24, 2.45) is 0 Å². The second-order valence-electron chi connectivity index (χ2n) is 5.20. The Balaban J connectivity index is 1.72. The molecule has 0 heterocycles. The van der Waals surface area contributed by atoms with Gasteiger partial charge in [0, 0.05) is 12.2 Å². The fourth-order valence-corrected chi connectivity index (χ4v) is 2.45. The van der Waals surface area contributed by atoms with E-state index in [1.165, 1.54) is 0 Å². The van der Waals surface area contributed by atoms with Gasteiger partial charge in [0.2, 0.25) is 0 Å². The highest BCUT2D eigenvalue weighted by Gasteiger charge is 2.04. The van der Waals surface area contributed by atoms with Gasteiger partial charge in [-0.05, 0) is 41.0 Å². The number of anilines is 1. The van der Waals surface area contributed by atoms with Gasteiger partial charge in [0.05, 0.1) is 11.6 Å². The van der Waals surface area contributed by atoms with Crippen molar-refractivity contribution in [1.29, 1.82) is 5.26 Å². The summed E-state index contributed by atoms with van der Waals surface area (Å²) in [5.74, 6) is 0. The number of benzene rings is 3. The van der Waals surface area contributed by atoms with E-state index in [0.29, 0.717) is 12.1 Å². The molecule has 3 aromatic rings. The van der Waals surface area contributed by atoms with Crippen molar-refractivity contribution in [1.82, 2.24) is 5.43 Å². The van der Waals surface area contributed by atoms with Crippen molar-refractivity contribution in [3.05, 3.63) is 90.0 Å². The predicted octanol–water partition coefficient (Wildman–Crippen LogP) is 4.34. The number of hydrogen-bond acceptors (Lipinski definition) is 3. The molecule has 0 spiro atoms. The lowest BCUT2D eigenvalue weighted by Gasteiger charge is -2.10. The van der Waals surface area contributed by atoms with Gasteiger partial charge in [0.1, 0.15) is 0 Å². The number of hydrazine groups is 1. The average molecular weight is 299 g/mol. The Morgan fingerprint density at radius 2 is 1.61 bits per heavy atom. The molecule has 0 atom stereocenters. The molecule has 0 bridgehead atoms. The number of rotatable bonds is 5. The Morgan fingerprint density at radius 1 is 0.826 bits per heavy atom. The van der Waals surface area contributed by atoms with Crippen LogP contribution in [0, 0.1) is 11.3 Å². The van der Waals surface area contributed by atoms with Crippen molar-refractivity contribution in [2.75, 3.05) is 5.43 Å². The molecule has 0 saturated heterocycles. The first kappa shape index (κ1) is 14.8. The van der Waals surface area contributed by atoms with Crippen LogP contribution in [0.15, 0.2) is 78.9 Å². The first-order chi connectivity index (χ1) is 11.4. The van der Waals surface area contributed by atoms with Gasteiger partial charge in [-0.25, -0.2) is 5.43 Å². The summed E-state index contributed by atoms with van der Waals surface area (Å²) in [4.78, 5) is 0. The fraction of sp³-hybridized carbons (Fsp3) is 0.0500. The number of nitrogens with zero attached hydrogens (tertiary/aromatic N) is 1. The van der Waals surface area contributed by atoms with E-state index >= 15 is 0 Å². The first-order valence-electron chi connectivity index (χ1n) is 7.49. The maximum Gasteiger partial charge on any atom is 0.0998 e. The number of para-hydroxylation sites is 1. The zero-order valence-corrected chi connectivity index (χ0v) is 12.7. The molecule has 0 saturated carbocycles. The predicted molar refractivity (Wildman–Crippen MR) is 93.5 cm³/mol. The third kappa shape index (κ3) is 3.76. The van der Waals surface area contributed by atoms with Crippen molar-refractivity contribution >= 4 is 5.69 Å². The molecule has 0 unspecified atom stereocenters. The van der Waals surface area contributed by atoms with Crippen LogP contribution in [-0.2, 0) is 6.54 Å². The van der Waals surface area contributed by atoms with Crippen LogP contribution < -0.4 is 10.9 Å². The maximum absolute atomic E-state index is 9.24. The minimum absolute atomic E-state index is 0.692. The molecule has 0 aliphatic rings. The zero-order chi connectivity index (χ0) is 15.9. The van der Waals surface area contributed by atoms with Crippen LogP contribution in [0.1, 0.15) is 11.1 Å². The fourth-order valence-electron chi connectivity index (χ4n) is 2.45. The molecular weight excluding hydrogens is 282 g/mol. The van der Waals surface area contributed by atoms with Crippen LogP contribution in [-0.4, -0.2) is 0 Å². The molecule has 0 amide bonds. The molecule has 0 fully saturated rings. The lowest BCUT2D eigenvalue weighted by atomic mass is 9.99. The Bertz CT molecular complexity index is 820. The zero-order valence-electron chi connectivity index (χ0n) is 12.7. The summed E-state index contributed by atoms with van der Waals surface area (Å²) in [6, 6.07) is 28.1. The van der Waals surface area contributed by atoms with Crippen molar-refractivity contribution < 1.29 is 0 Å². The normalized spacial score (nSPS) is 10.0. The Kier molecular flexibility index (Phi) is 4.68. The molecule has 2 N–H and O–H groups in total. The lowest BCUT2D eigenvalue weighted by molar-refractivity contribution is 0.802. The van der Waals surface area contributed by atoms with Gasteiger partial charge in [-0.15, -0.1) is 0 Å². The van der Waals surface area contributed by atoms with E-state index in [4.69, 9.17) is 0 Å². The summed E-state index contributed by atoms with van der Waals surface area (Å²) in [6.07, 6.45) is 0. The highest BCUT2D eigenvalue weighted by Crippen LogP contribution is 2.24. The quantitative estimate of drug-likeness (QED) is 0.689. The summed E-state index contributed by atoms with van der Waals surface area (Å²) in [5.41, 5.74) is 11.3. The smallest absolute Gasteiger partial charge is 0.0998 e.